The quantitative estimate of drug-likeness (QED) is 0.827. The van der Waals surface area contributed by atoms with Crippen LogP contribution < -0.4 is 9.62 Å². The number of nitrogens with one attached hydrogen (secondary N) is 1. The molecule has 1 amide bonds. The third-order valence-corrected chi connectivity index (χ3v) is 5.19. The highest BCUT2D eigenvalue weighted by Gasteiger charge is 2.21. The molecule has 0 spiro atoms. The molecule has 0 saturated carbocycles. The predicted octanol–water partition coefficient (Wildman–Crippen LogP) is 3.58. The standard InChI is InChI=1S/C17H18ClFN2O3S/c1-12-13(18)6-5-8-15(12)20-17(22)10-11-21(25(2,23)24)16-9-4-3-7-14(16)19/h3-9H,10-11H2,1-2H3,(H,20,22). The van der Waals surface area contributed by atoms with Crippen LogP contribution in [0.4, 0.5) is 15.8 Å². The first kappa shape index (κ1) is 19.2. The number of nitrogens with zero attached hydrogens (tertiary/aromatic N) is 1. The highest BCUT2D eigenvalue weighted by Crippen LogP contribution is 2.24. The minimum absolute atomic E-state index is 0.0864. The number of anilines is 2. The minimum atomic E-state index is -3.73. The number of sulfonamides is 1. The summed E-state index contributed by atoms with van der Waals surface area (Å²) in [7, 11) is -3.73. The number of hydrogen-bond acceptors (Lipinski definition) is 3. The van der Waals surface area contributed by atoms with Crippen molar-refractivity contribution in [2.75, 3.05) is 22.4 Å². The summed E-state index contributed by atoms with van der Waals surface area (Å²) >= 11 is 6.00. The molecule has 0 heterocycles. The molecule has 25 heavy (non-hydrogen) atoms. The van der Waals surface area contributed by atoms with Crippen molar-refractivity contribution >= 4 is 38.9 Å². The minimum Gasteiger partial charge on any atom is -0.326 e. The van der Waals surface area contributed by atoms with Crippen LogP contribution in [0.1, 0.15) is 12.0 Å². The van der Waals surface area contributed by atoms with Crippen LogP contribution in [0.3, 0.4) is 0 Å². The zero-order valence-corrected chi connectivity index (χ0v) is 15.4. The molecule has 1 N–H and O–H groups in total. The van der Waals surface area contributed by atoms with E-state index in [0.29, 0.717) is 16.3 Å². The first-order chi connectivity index (χ1) is 11.7. The molecule has 0 bridgehead atoms. The molecule has 0 aliphatic heterocycles. The van der Waals surface area contributed by atoms with E-state index in [1.165, 1.54) is 24.3 Å². The summed E-state index contributed by atoms with van der Waals surface area (Å²) in [6.07, 6.45) is 0.839. The zero-order chi connectivity index (χ0) is 18.6. The molecule has 0 atom stereocenters. The van der Waals surface area contributed by atoms with Gasteiger partial charge in [0, 0.05) is 23.7 Å². The van der Waals surface area contributed by atoms with Crippen molar-refractivity contribution in [2.24, 2.45) is 0 Å². The molecule has 0 aliphatic rings. The van der Waals surface area contributed by atoms with Crippen LogP contribution in [0.5, 0.6) is 0 Å². The van der Waals surface area contributed by atoms with Gasteiger partial charge in [0.25, 0.3) is 0 Å². The Kier molecular flexibility index (Phi) is 6.02. The fraction of sp³-hybridized carbons (Fsp3) is 0.235. The maximum atomic E-state index is 13.9. The summed E-state index contributed by atoms with van der Waals surface area (Å²) in [5.41, 5.74) is 1.18. The van der Waals surface area contributed by atoms with Gasteiger partial charge in [-0.05, 0) is 36.8 Å². The molecule has 0 fully saturated rings. The van der Waals surface area contributed by atoms with Crippen molar-refractivity contribution in [3.8, 4) is 0 Å². The second-order valence-electron chi connectivity index (χ2n) is 5.50. The normalized spacial score (nSPS) is 11.2. The average Bonchev–Trinajstić information content (AvgIpc) is 2.52. The predicted molar refractivity (Wildman–Crippen MR) is 98.0 cm³/mol. The number of amides is 1. The van der Waals surface area contributed by atoms with Crippen molar-refractivity contribution in [3.05, 3.63) is 58.9 Å². The van der Waals surface area contributed by atoms with Gasteiger partial charge < -0.3 is 5.32 Å². The molecule has 2 aromatic carbocycles. The van der Waals surface area contributed by atoms with Gasteiger partial charge in [0.05, 0.1) is 11.9 Å². The van der Waals surface area contributed by atoms with Gasteiger partial charge >= 0.3 is 0 Å². The third kappa shape index (κ3) is 4.93. The first-order valence-corrected chi connectivity index (χ1v) is 9.70. The van der Waals surface area contributed by atoms with Crippen LogP contribution in [0, 0.1) is 12.7 Å². The van der Waals surface area contributed by atoms with Crippen LogP contribution in [-0.2, 0) is 14.8 Å². The van der Waals surface area contributed by atoms with Gasteiger partial charge in [0.15, 0.2) is 0 Å². The largest absolute Gasteiger partial charge is 0.326 e. The Morgan fingerprint density at radius 2 is 1.88 bits per heavy atom. The van der Waals surface area contributed by atoms with E-state index in [4.69, 9.17) is 11.6 Å². The van der Waals surface area contributed by atoms with Crippen molar-refractivity contribution < 1.29 is 17.6 Å². The van der Waals surface area contributed by atoms with E-state index >= 15 is 0 Å². The summed E-state index contributed by atoms with van der Waals surface area (Å²) in [5, 5.41) is 3.20. The Morgan fingerprint density at radius 1 is 1.20 bits per heavy atom. The summed E-state index contributed by atoms with van der Waals surface area (Å²) in [6.45, 7) is 1.59. The monoisotopic (exact) mass is 384 g/mol. The van der Waals surface area contributed by atoms with Crippen LogP contribution in [0.2, 0.25) is 5.02 Å². The fourth-order valence-corrected chi connectivity index (χ4v) is 3.38. The number of hydrogen-bond donors (Lipinski definition) is 1. The van der Waals surface area contributed by atoms with Crippen molar-refractivity contribution in [3.63, 3.8) is 0 Å². The van der Waals surface area contributed by atoms with E-state index in [-0.39, 0.29) is 18.7 Å². The molecule has 0 radical (unpaired) electrons. The summed E-state index contributed by atoms with van der Waals surface area (Å²) in [4.78, 5) is 12.2. The maximum absolute atomic E-state index is 13.9. The Balaban J connectivity index is 2.12. The SMILES string of the molecule is Cc1c(Cl)cccc1NC(=O)CCN(c1ccccc1F)S(C)(=O)=O. The molecule has 0 aliphatic carbocycles. The van der Waals surface area contributed by atoms with Gasteiger partial charge in [-0.1, -0.05) is 29.8 Å². The molecule has 134 valence electrons. The zero-order valence-electron chi connectivity index (χ0n) is 13.8. The number of rotatable bonds is 6. The Morgan fingerprint density at radius 3 is 2.52 bits per heavy atom. The van der Waals surface area contributed by atoms with Gasteiger partial charge in [0.1, 0.15) is 5.82 Å². The molecule has 2 rings (SSSR count). The molecule has 2 aromatic rings. The molecular formula is C17H18ClFN2O3S. The Bertz CT molecular complexity index is 887. The number of carbonyl (C=O) groups is 1. The lowest BCUT2D eigenvalue weighted by Gasteiger charge is -2.22. The van der Waals surface area contributed by atoms with Crippen LogP contribution in [-0.4, -0.2) is 27.1 Å². The van der Waals surface area contributed by atoms with Gasteiger partial charge in [-0.2, -0.15) is 0 Å². The Labute approximate surface area is 151 Å². The van der Waals surface area contributed by atoms with E-state index in [0.717, 1.165) is 10.6 Å². The van der Waals surface area contributed by atoms with E-state index in [9.17, 15) is 17.6 Å². The van der Waals surface area contributed by atoms with Crippen molar-refractivity contribution in [1.29, 1.82) is 0 Å². The maximum Gasteiger partial charge on any atom is 0.232 e. The highest BCUT2D eigenvalue weighted by atomic mass is 35.5. The second kappa shape index (κ2) is 7.84. The summed E-state index contributed by atoms with van der Waals surface area (Å²) < 4.78 is 38.7. The van der Waals surface area contributed by atoms with Crippen LogP contribution in [0.15, 0.2) is 42.5 Å². The molecule has 8 heteroatoms. The van der Waals surface area contributed by atoms with E-state index in [2.05, 4.69) is 5.32 Å². The second-order valence-corrected chi connectivity index (χ2v) is 7.81. The molecule has 0 saturated heterocycles. The number of halogens is 2. The molecule has 5 nitrogen and oxygen atoms in total. The average molecular weight is 385 g/mol. The fourth-order valence-electron chi connectivity index (χ4n) is 2.28. The van der Waals surface area contributed by atoms with Gasteiger partial charge in [-0.3, -0.25) is 9.10 Å². The van der Waals surface area contributed by atoms with Crippen molar-refractivity contribution in [1.82, 2.24) is 0 Å². The van der Waals surface area contributed by atoms with Crippen LogP contribution >= 0.6 is 11.6 Å². The van der Waals surface area contributed by atoms with Crippen LogP contribution in [0.25, 0.3) is 0 Å². The lowest BCUT2D eigenvalue weighted by atomic mass is 10.2. The molecular weight excluding hydrogens is 367 g/mol. The van der Waals surface area contributed by atoms with Gasteiger partial charge in [-0.15, -0.1) is 0 Å². The number of benzene rings is 2. The topological polar surface area (TPSA) is 66.5 Å². The first-order valence-electron chi connectivity index (χ1n) is 7.47. The number of carbonyl (C=O) groups excluding carboxylic acids is 1. The number of para-hydroxylation sites is 1. The van der Waals surface area contributed by atoms with Crippen molar-refractivity contribution in [2.45, 2.75) is 13.3 Å². The van der Waals surface area contributed by atoms with E-state index < -0.39 is 21.7 Å². The smallest absolute Gasteiger partial charge is 0.232 e. The highest BCUT2D eigenvalue weighted by molar-refractivity contribution is 7.92. The summed E-state index contributed by atoms with van der Waals surface area (Å²) in [5.74, 6) is -1.06. The van der Waals surface area contributed by atoms with Gasteiger partial charge in [0.2, 0.25) is 15.9 Å². The van der Waals surface area contributed by atoms with Gasteiger partial charge in [-0.25, -0.2) is 12.8 Å². The lowest BCUT2D eigenvalue weighted by molar-refractivity contribution is -0.116. The van der Waals surface area contributed by atoms with E-state index in [1.807, 2.05) is 0 Å². The lowest BCUT2D eigenvalue weighted by Crippen LogP contribution is -2.33. The molecule has 0 aromatic heterocycles. The third-order valence-electron chi connectivity index (χ3n) is 3.61. The Hall–Kier alpha value is -2.12. The summed E-state index contributed by atoms with van der Waals surface area (Å²) in [6, 6.07) is 10.6. The molecule has 0 unspecified atom stereocenters. The van der Waals surface area contributed by atoms with E-state index in [1.54, 1.807) is 25.1 Å².